The lowest BCUT2D eigenvalue weighted by Crippen LogP contribution is -2.20. The molecule has 23 heavy (non-hydrogen) atoms. The van der Waals surface area contributed by atoms with Crippen LogP contribution in [-0.2, 0) is 0 Å². The van der Waals surface area contributed by atoms with Crippen LogP contribution in [0.3, 0.4) is 0 Å². The van der Waals surface area contributed by atoms with E-state index in [9.17, 15) is 18.0 Å². The Bertz CT molecular complexity index is 686. The third-order valence-electron chi connectivity index (χ3n) is 2.92. The molecule has 0 aliphatic rings. The number of aryl methyl sites for hydroxylation is 2. The number of carbonyl (C=O) groups is 1. The number of urea groups is 1. The summed E-state index contributed by atoms with van der Waals surface area (Å²) in [5.41, 5.74) is 1.92. The van der Waals surface area contributed by atoms with Crippen LogP contribution >= 0.6 is 11.8 Å². The molecular weight excluding hydrogens is 329 g/mol. The van der Waals surface area contributed by atoms with Crippen molar-refractivity contribution >= 4 is 29.2 Å². The number of anilines is 2. The van der Waals surface area contributed by atoms with Crippen molar-refractivity contribution in [3.8, 4) is 0 Å². The quantitative estimate of drug-likeness (QED) is 0.713. The number of halogens is 3. The van der Waals surface area contributed by atoms with Crippen LogP contribution in [0, 0.1) is 19.7 Å². The average molecular weight is 344 g/mol. The van der Waals surface area contributed by atoms with Crippen molar-refractivity contribution in [3.63, 3.8) is 0 Å². The third-order valence-corrected chi connectivity index (χ3v) is 4.01. The van der Waals surface area contributed by atoms with Crippen molar-refractivity contribution in [1.29, 1.82) is 0 Å². The topological polar surface area (TPSA) is 69.8 Å². The predicted molar refractivity (Wildman–Crippen MR) is 83.8 cm³/mol. The maximum absolute atomic E-state index is 13.4. The van der Waals surface area contributed by atoms with E-state index in [2.05, 4.69) is 20.8 Å². The molecule has 124 valence electrons. The molecule has 0 aliphatic carbocycles. The average Bonchev–Trinajstić information content (AvgIpc) is 2.78. The number of nitrogens with zero attached hydrogens (tertiary/aromatic N) is 1. The first-order chi connectivity index (χ1) is 10.9. The van der Waals surface area contributed by atoms with E-state index in [-0.39, 0.29) is 5.69 Å². The maximum atomic E-state index is 13.4. The summed E-state index contributed by atoms with van der Waals surface area (Å²) in [4.78, 5) is 12.4. The van der Waals surface area contributed by atoms with Gasteiger partial charge in [-0.05, 0) is 32.0 Å². The Hall–Kier alpha value is -2.16. The van der Waals surface area contributed by atoms with Crippen molar-refractivity contribution in [1.82, 2.24) is 10.2 Å². The van der Waals surface area contributed by atoms with Gasteiger partial charge < -0.3 is 10.6 Å². The molecule has 2 amide bonds. The summed E-state index contributed by atoms with van der Waals surface area (Å²) < 4.78 is 38.0. The molecule has 1 aromatic carbocycles. The second kappa shape index (κ2) is 7.40. The monoisotopic (exact) mass is 344 g/mol. The molecule has 0 radical (unpaired) electrons. The first kappa shape index (κ1) is 17.2. The summed E-state index contributed by atoms with van der Waals surface area (Å²) in [6.07, 6.45) is -2.50. The summed E-state index contributed by atoms with van der Waals surface area (Å²) >= 11 is 0.842. The van der Waals surface area contributed by atoms with E-state index in [1.165, 1.54) is 6.07 Å². The minimum Gasteiger partial charge on any atom is -0.307 e. The van der Waals surface area contributed by atoms with Crippen molar-refractivity contribution < 1.29 is 18.0 Å². The molecule has 0 unspecified atom stereocenters. The van der Waals surface area contributed by atoms with Crippen LogP contribution in [0.1, 0.15) is 11.4 Å². The van der Waals surface area contributed by atoms with E-state index < -0.39 is 24.0 Å². The molecule has 3 N–H and O–H groups in total. The van der Waals surface area contributed by atoms with Crippen molar-refractivity contribution in [2.75, 3.05) is 16.4 Å². The first-order valence-electron chi connectivity index (χ1n) is 6.67. The normalized spacial score (nSPS) is 10.9. The number of H-pyrrole nitrogens is 1. The van der Waals surface area contributed by atoms with Gasteiger partial charge in [-0.2, -0.15) is 5.10 Å². The SMILES string of the molecule is Cc1n[nH]c(C)c1NC(=O)Nc1cc(F)ccc1SCC(F)F. The van der Waals surface area contributed by atoms with Crippen LogP contribution in [0.15, 0.2) is 23.1 Å². The smallest absolute Gasteiger partial charge is 0.307 e. The molecule has 0 bridgehead atoms. The lowest BCUT2D eigenvalue weighted by molar-refractivity contribution is 0.177. The Labute approximate surface area is 135 Å². The highest BCUT2D eigenvalue weighted by Crippen LogP contribution is 2.29. The number of aromatic nitrogens is 2. The molecule has 2 rings (SSSR count). The van der Waals surface area contributed by atoms with Gasteiger partial charge in [-0.1, -0.05) is 0 Å². The fraction of sp³-hybridized carbons (Fsp3) is 0.286. The van der Waals surface area contributed by atoms with Gasteiger partial charge in [-0.15, -0.1) is 11.8 Å². The fourth-order valence-electron chi connectivity index (χ4n) is 1.88. The second-order valence-electron chi connectivity index (χ2n) is 4.73. The van der Waals surface area contributed by atoms with E-state index in [1.54, 1.807) is 13.8 Å². The zero-order valence-corrected chi connectivity index (χ0v) is 13.2. The number of hydrogen-bond donors (Lipinski definition) is 3. The Morgan fingerprint density at radius 1 is 1.35 bits per heavy atom. The summed E-state index contributed by atoms with van der Waals surface area (Å²) in [5, 5.41) is 11.7. The van der Waals surface area contributed by atoms with Gasteiger partial charge >= 0.3 is 6.03 Å². The third kappa shape index (κ3) is 4.65. The summed E-state index contributed by atoms with van der Waals surface area (Å²) in [6, 6.07) is 2.98. The Kier molecular flexibility index (Phi) is 5.54. The van der Waals surface area contributed by atoms with Crippen LogP contribution in [0.5, 0.6) is 0 Å². The van der Waals surface area contributed by atoms with Crippen molar-refractivity contribution in [2.24, 2.45) is 0 Å². The molecule has 1 aromatic heterocycles. The summed E-state index contributed by atoms with van der Waals surface area (Å²) in [6.45, 7) is 3.45. The molecule has 1 heterocycles. The molecule has 0 atom stereocenters. The zero-order chi connectivity index (χ0) is 17.0. The number of amides is 2. The number of alkyl halides is 2. The van der Waals surface area contributed by atoms with Crippen LogP contribution < -0.4 is 10.6 Å². The van der Waals surface area contributed by atoms with Gasteiger partial charge in [-0.25, -0.2) is 18.0 Å². The van der Waals surface area contributed by atoms with Gasteiger partial charge in [0.1, 0.15) is 5.82 Å². The van der Waals surface area contributed by atoms with Gasteiger partial charge in [0.25, 0.3) is 0 Å². The number of benzene rings is 1. The van der Waals surface area contributed by atoms with Gasteiger partial charge in [0.05, 0.1) is 28.5 Å². The minimum atomic E-state index is -2.50. The predicted octanol–water partition coefficient (Wildman–Crippen LogP) is 4.17. The van der Waals surface area contributed by atoms with E-state index in [1.807, 2.05) is 0 Å². The first-order valence-corrected chi connectivity index (χ1v) is 7.65. The Morgan fingerprint density at radius 3 is 2.70 bits per heavy atom. The molecule has 2 aromatic rings. The van der Waals surface area contributed by atoms with Crippen molar-refractivity contribution in [3.05, 3.63) is 35.4 Å². The number of carbonyl (C=O) groups excluding carboxylic acids is 1. The molecule has 0 saturated carbocycles. The second-order valence-corrected chi connectivity index (χ2v) is 5.79. The molecule has 0 aliphatic heterocycles. The highest BCUT2D eigenvalue weighted by Gasteiger charge is 2.14. The Balaban J connectivity index is 2.12. The van der Waals surface area contributed by atoms with Crippen LogP contribution in [0.2, 0.25) is 0 Å². The molecular formula is C14H15F3N4OS. The number of hydrogen-bond acceptors (Lipinski definition) is 3. The zero-order valence-electron chi connectivity index (χ0n) is 12.4. The van der Waals surface area contributed by atoms with Crippen LogP contribution in [-0.4, -0.2) is 28.4 Å². The van der Waals surface area contributed by atoms with Crippen LogP contribution in [0.4, 0.5) is 29.3 Å². The standard InChI is InChI=1S/C14H15F3N4OS/c1-7-13(8(2)21-20-7)19-14(22)18-10-5-9(15)3-4-11(10)23-6-12(16)17/h3-5,12H,6H2,1-2H3,(H,20,21)(H2,18,19,22). The van der Waals surface area contributed by atoms with E-state index >= 15 is 0 Å². The van der Waals surface area contributed by atoms with Gasteiger partial charge in [0, 0.05) is 4.90 Å². The highest BCUT2D eigenvalue weighted by atomic mass is 32.2. The van der Waals surface area contributed by atoms with Crippen LogP contribution in [0.25, 0.3) is 0 Å². The fourth-order valence-corrected chi connectivity index (χ4v) is 2.62. The van der Waals surface area contributed by atoms with Gasteiger partial charge in [0.15, 0.2) is 0 Å². The number of rotatable bonds is 5. The number of aromatic amines is 1. The van der Waals surface area contributed by atoms with E-state index in [0.29, 0.717) is 22.0 Å². The van der Waals surface area contributed by atoms with Gasteiger partial charge in [-0.3, -0.25) is 5.10 Å². The minimum absolute atomic E-state index is 0.131. The maximum Gasteiger partial charge on any atom is 0.323 e. The largest absolute Gasteiger partial charge is 0.323 e. The molecule has 5 nitrogen and oxygen atoms in total. The summed E-state index contributed by atoms with van der Waals surface area (Å²) in [5.74, 6) is -1.01. The molecule has 0 fully saturated rings. The molecule has 0 spiro atoms. The molecule has 9 heteroatoms. The van der Waals surface area contributed by atoms with Crippen molar-refractivity contribution in [2.45, 2.75) is 25.2 Å². The Morgan fingerprint density at radius 2 is 2.09 bits per heavy atom. The van der Waals surface area contributed by atoms with E-state index in [0.717, 1.165) is 23.9 Å². The van der Waals surface area contributed by atoms with Gasteiger partial charge in [0.2, 0.25) is 6.43 Å². The lowest BCUT2D eigenvalue weighted by atomic mass is 10.3. The summed E-state index contributed by atoms with van der Waals surface area (Å²) in [7, 11) is 0. The lowest BCUT2D eigenvalue weighted by Gasteiger charge is -2.12. The van der Waals surface area contributed by atoms with E-state index in [4.69, 9.17) is 0 Å². The number of thioether (sulfide) groups is 1. The molecule has 0 saturated heterocycles. The highest BCUT2D eigenvalue weighted by molar-refractivity contribution is 7.99. The number of nitrogens with one attached hydrogen (secondary N) is 3.